The first kappa shape index (κ1) is 22.6. The van der Waals surface area contributed by atoms with Crippen LogP contribution in [0, 0.1) is 5.92 Å². The van der Waals surface area contributed by atoms with Gasteiger partial charge in [-0.1, -0.05) is 12.1 Å². The summed E-state index contributed by atoms with van der Waals surface area (Å²) in [5, 5.41) is 8.27. The number of benzene rings is 1. The summed E-state index contributed by atoms with van der Waals surface area (Å²) in [6, 6.07) is 5.18. The smallest absolute Gasteiger partial charge is 0.255 e. The number of nitrogens with zero attached hydrogens (tertiary/aromatic N) is 1. The van der Waals surface area contributed by atoms with Crippen molar-refractivity contribution in [3.05, 3.63) is 29.8 Å². The van der Waals surface area contributed by atoms with E-state index in [1.54, 1.807) is 38.2 Å². The van der Waals surface area contributed by atoms with E-state index in [0.717, 1.165) is 12.8 Å². The van der Waals surface area contributed by atoms with Crippen molar-refractivity contribution in [2.24, 2.45) is 5.92 Å². The Balaban J connectivity index is 1.80. The third-order valence-electron chi connectivity index (χ3n) is 5.48. The van der Waals surface area contributed by atoms with E-state index in [4.69, 9.17) is 4.74 Å². The van der Waals surface area contributed by atoms with Crippen LogP contribution in [0.15, 0.2) is 24.3 Å². The second-order valence-corrected chi connectivity index (χ2v) is 8.15. The molecule has 1 heterocycles. The predicted molar refractivity (Wildman–Crippen MR) is 113 cm³/mol. The standard InChI is InChI=1S/C22H30N4O5/c1-14-22(30)26(2)11-12-31-18-6-4-3-5-16(18)20(28)25-17(9-10-19(27)24-14)21(29)23-13-15-7-8-15/h3-6,14-15,17H,7-13H2,1-2H3,(H,23,29)(H,24,27)(H,25,28)/t14-,17-/m0/s1. The van der Waals surface area contributed by atoms with E-state index in [1.807, 2.05) is 0 Å². The van der Waals surface area contributed by atoms with Gasteiger partial charge in [-0.15, -0.1) is 0 Å². The Labute approximate surface area is 181 Å². The van der Waals surface area contributed by atoms with E-state index in [9.17, 15) is 19.2 Å². The Morgan fingerprint density at radius 2 is 1.90 bits per heavy atom. The van der Waals surface area contributed by atoms with Crippen molar-refractivity contribution < 1.29 is 23.9 Å². The number of fused-ring (bicyclic) bond motifs is 1. The highest BCUT2D eigenvalue weighted by Gasteiger charge is 2.28. The normalized spacial score (nSPS) is 23.4. The Morgan fingerprint density at radius 1 is 1.16 bits per heavy atom. The number of ether oxygens (including phenoxy) is 1. The quantitative estimate of drug-likeness (QED) is 0.644. The number of nitrogens with one attached hydrogen (secondary N) is 3. The maximum absolute atomic E-state index is 12.9. The highest BCUT2D eigenvalue weighted by Crippen LogP contribution is 2.27. The molecule has 1 aliphatic carbocycles. The lowest BCUT2D eigenvalue weighted by Crippen LogP contribution is -2.49. The Kier molecular flexibility index (Phi) is 7.49. The Morgan fingerprint density at radius 3 is 2.65 bits per heavy atom. The summed E-state index contributed by atoms with van der Waals surface area (Å²) in [4.78, 5) is 51.9. The summed E-state index contributed by atoms with van der Waals surface area (Å²) < 4.78 is 5.75. The molecule has 1 saturated carbocycles. The predicted octanol–water partition coefficient (Wildman–Crippen LogP) is 0.447. The molecule has 1 fully saturated rings. The molecule has 31 heavy (non-hydrogen) atoms. The van der Waals surface area contributed by atoms with Gasteiger partial charge in [0.1, 0.15) is 24.4 Å². The molecular formula is C22H30N4O5. The zero-order chi connectivity index (χ0) is 22.4. The first-order chi connectivity index (χ1) is 14.8. The minimum Gasteiger partial charge on any atom is -0.491 e. The number of likely N-dealkylation sites (N-methyl/N-ethyl adjacent to an activating group) is 1. The fraction of sp³-hybridized carbons (Fsp3) is 0.545. The van der Waals surface area contributed by atoms with Crippen LogP contribution in [0.5, 0.6) is 5.75 Å². The van der Waals surface area contributed by atoms with Gasteiger partial charge < -0.3 is 25.6 Å². The van der Waals surface area contributed by atoms with Gasteiger partial charge in [-0.3, -0.25) is 19.2 Å². The fourth-order valence-corrected chi connectivity index (χ4v) is 3.36. The molecule has 0 aromatic heterocycles. The molecule has 3 rings (SSSR count). The molecule has 4 amide bonds. The lowest BCUT2D eigenvalue weighted by atomic mass is 10.1. The topological polar surface area (TPSA) is 117 Å². The lowest BCUT2D eigenvalue weighted by molar-refractivity contribution is -0.135. The number of amides is 4. The van der Waals surface area contributed by atoms with Crippen molar-refractivity contribution in [2.75, 3.05) is 26.7 Å². The van der Waals surface area contributed by atoms with E-state index in [0.29, 0.717) is 30.3 Å². The van der Waals surface area contributed by atoms with Crippen molar-refractivity contribution in [1.82, 2.24) is 20.9 Å². The first-order valence-corrected chi connectivity index (χ1v) is 10.7. The molecule has 0 radical (unpaired) electrons. The molecule has 168 valence electrons. The third kappa shape index (κ3) is 6.44. The van der Waals surface area contributed by atoms with Crippen molar-refractivity contribution in [3.63, 3.8) is 0 Å². The zero-order valence-corrected chi connectivity index (χ0v) is 18.0. The van der Waals surface area contributed by atoms with Crippen LogP contribution in [0.1, 0.15) is 43.0 Å². The van der Waals surface area contributed by atoms with Gasteiger partial charge in [-0.05, 0) is 44.2 Å². The van der Waals surface area contributed by atoms with Gasteiger partial charge in [0.15, 0.2) is 0 Å². The van der Waals surface area contributed by atoms with Gasteiger partial charge in [0.05, 0.1) is 12.1 Å². The van der Waals surface area contributed by atoms with Gasteiger partial charge in [-0.25, -0.2) is 0 Å². The second-order valence-electron chi connectivity index (χ2n) is 8.15. The molecule has 0 spiro atoms. The minimum atomic E-state index is -0.871. The monoisotopic (exact) mass is 430 g/mol. The van der Waals surface area contributed by atoms with Crippen LogP contribution in [0.4, 0.5) is 0 Å². The molecule has 0 bridgehead atoms. The molecule has 1 aromatic rings. The lowest BCUT2D eigenvalue weighted by Gasteiger charge is -2.22. The molecule has 2 aliphatic rings. The van der Waals surface area contributed by atoms with E-state index in [2.05, 4.69) is 16.0 Å². The first-order valence-electron chi connectivity index (χ1n) is 10.7. The SMILES string of the molecule is C[C@@H]1NC(=O)CC[C@@H](C(=O)NCC2CC2)NC(=O)c2ccccc2OCCN(C)C1=O. The maximum Gasteiger partial charge on any atom is 0.255 e. The van der Waals surface area contributed by atoms with Crippen LogP contribution in [0.25, 0.3) is 0 Å². The number of hydrogen-bond donors (Lipinski definition) is 3. The van der Waals surface area contributed by atoms with Crippen molar-refractivity contribution in [2.45, 2.75) is 44.7 Å². The number of carbonyl (C=O) groups excluding carboxylic acids is 4. The Hall–Kier alpha value is -3.10. The van der Waals surface area contributed by atoms with Crippen LogP contribution in [-0.2, 0) is 14.4 Å². The van der Waals surface area contributed by atoms with E-state index in [-0.39, 0.29) is 37.2 Å². The van der Waals surface area contributed by atoms with Gasteiger partial charge in [-0.2, -0.15) is 0 Å². The molecule has 1 aliphatic heterocycles. The largest absolute Gasteiger partial charge is 0.491 e. The highest BCUT2D eigenvalue weighted by atomic mass is 16.5. The van der Waals surface area contributed by atoms with Crippen LogP contribution >= 0.6 is 0 Å². The molecule has 2 atom stereocenters. The molecule has 0 saturated heterocycles. The third-order valence-corrected chi connectivity index (χ3v) is 5.48. The van der Waals surface area contributed by atoms with Crippen LogP contribution in [-0.4, -0.2) is 67.4 Å². The minimum absolute atomic E-state index is 0.00127. The van der Waals surface area contributed by atoms with E-state index >= 15 is 0 Å². The highest BCUT2D eigenvalue weighted by molar-refractivity contribution is 5.99. The van der Waals surface area contributed by atoms with Gasteiger partial charge in [0.2, 0.25) is 17.7 Å². The average Bonchev–Trinajstić information content (AvgIpc) is 3.58. The summed E-state index contributed by atoms with van der Waals surface area (Å²) in [7, 11) is 1.63. The van der Waals surface area contributed by atoms with Crippen molar-refractivity contribution >= 4 is 23.6 Å². The molecule has 3 N–H and O–H groups in total. The second kappa shape index (κ2) is 10.3. The number of para-hydroxylation sites is 1. The maximum atomic E-state index is 12.9. The number of hydrogen-bond acceptors (Lipinski definition) is 5. The van der Waals surface area contributed by atoms with Crippen LogP contribution in [0.2, 0.25) is 0 Å². The average molecular weight is 431 g/mol. The number of rotatable bonds is 3. The molecule has 9 nitrogen and oxygen atoms in total. The summed E-state index contributed by atoms with van der Waals surface area (Å²) in [6.07, 6.45) is 2.30. The van der Waals surface area contributed by atoms with Gasteiger partial charge in [0.25, 0.3) is 5.91 Å². The van der Waals surface area contributed by atoms with Gasteiger partial charge >= 0.3 is 0 Å². The van der Waals surface area contributed by atoms with Gasteiger partial charge in [0, 0.05) is 20.0 Å². The summed E-state index contributed by atoms with van der Waals surface area (Å²) in [6.45, 7) is 2.65. The summed E-state index contributed by atoms with van der Waals surface area (Å²) in [5.41, 5.74) is 0.296. The van der Waals surface area contributed by atoms with Crippen molar-refractivity contribution in [3.8, 4) is 5.75 Å². The van der Waals surface area contributed by atoms with E-state index in [1.165, 1.54) is 4.90 Å². The van der Waals surface area contributed by atoms with Crippen molar-refractivity contribution in [1.29, 1.82) is 0 Å². The van der Waals surface area contributed by atoms with E-state index < -0.39 is 18.0 Å². The molecule has 9 heteroatoms. The zero-order valence-electron chi connectivity index (χ0n) is 18.0. The van der Waals surface area contributed by atoms with Crippen LogP contribution in [0.3, 0.4) is 0 Å². The molecular weight excluding hydrogens is 400 g/mol. The Bertz CT molecular complexity index is 839. The molecule has 0 unspecified atom stereocenters. The number of carbonyl (C=O) groups is 4. The van der Waals surface area contributed by atoms with Crippen LogP contribution < -0.4 is 20.7 Å². The summed E-state index contributed by atoms with van der Waals surface area (Å²) in [5.74, 6) is -0.504. The molecule has 1 aromatic carbocycles. The summed E-state index contributed by atoms with van der Waals surface area (Å²) >= 11 is 0. The fourth-order valence-electron chi connectivity index (χ4n) is 3.36.